The maximum Gasteiger partial charge on any atom is 0.410 e. The second kappa shape index (κ2) is 10.1. The van der Waals surface area contributed by atoms with Gasteiger partial charge in [-0.15, -0.1) is 0 Å². The lowest BCUT2D eigenvalue weighted by molar-refractivity contribution is 0.0291. The highest BCUT2D eigenvalue weighted by Crippen LogP contribution is 2.17. The van der Waals surface area contributed by atoms with Crippen LogP contribution in [0.25, 0.3) is 11.2 Å². The number of rotatable bonds is 7. The molecule has 0 bridgehead atoms. The minimum Gasteiger partial charge on any atom is -0.444 e. The van der Waals surface area contributed by atoms with Gasteiger partial charge in [-0.25, -0.2) is 19.6 Å². The van der Waals surface area contributed by atoms with Gasteiger partial charge in [0.15, 0.2) is 11.5 Å². The van der Waals surface area contributed by atoms with Crippen LogP contribution in [-0.4, -0.2) is 71.0 Å². The van der Waals surface area contributed by atoms with E-state index in [1.165, 1.54) is 6.20 Å². The van der Waals surface area contributed by atoms with Crippen LogP contribution in [0.15, 0.2) is 18.5 Å². The van der Waals surface area contributed by atoms with Gasteiger partial charge in [-0.05, 0) is 39.3 Å². The highest BCUT2D eigenvalue weighted by atomic mass is 28.3. The Morgan fingerprint density at radius 3 is 2.73 bits per heavy atom. The first-order valence-corrected chi connectivity index (χ1v) is 15.1. The summed E-state index contributed by atoms with van der Waals surface area (Å²) in [5, 5.41) is 5.61. The summed E-state index contributed by atoms with van der Waals surface area (Å²) in [6.07, 6.45) is 3.71. The Hall–Kier alpha value is -2.66. The normalized spacial score (nSPS) is 16.8. The third kappa shape index (κ3) is 7.71. The smallest absolute Gasteiger partial charge is 0.410 e. The largest absolute Gasteiger partial charge is 0.444 e. The molecular weight excluding hydrogens is 440 g/mol. The highest BCUT2D eigenvalue weighted by molar-refractivity contribution is 6.76. The van der Waals surface area contributed by atoms with E-state index < -0.39 is 13.7 Å². The summed E-state index contributed by atoms with van der Waals surface area (Å²) in [5.41, 5.74) is 0.840. The summed E-state index contributed by atoms with van der Waals surface area (Å²) < 4.78 is 13.1. The highest BCUT2D eigenvalue weighted by Gasteiger charge is 2.30. The number of ether oxygens (including phenoxy) is 2. The number of hydrogen-bond donors (Lipinski definition) is 2. The lowest BCUT2D eigenvalue weighted by Crippen LogP contribution is -2.41. The molecule has 1 aliphatic rings. The Labute approximate surface area is 196 Å². The molecule has 2 aromatic rings. The van der Waals surface area contributed by atoms with Crippen molar-refractivity contribution < 1.29 is 19.1 Å². The van der Waals surface area contributed by atoms with Crippen LogP contribution in [0.2, 0.25) is 25.7 Å². The molecular formula is C22H36N6O4Si. The number of fused-ring (bicyclic) bond motifs is 1. The fraction of sp³-hybridized carbons (Fsp3) is 0.636. The van der Waals surface area contributed by atoms with E-state index in [2.05, 4.69) is 40.2 Å². The number of nitrogens with zero attached hydrogens (tertiary/aromatic N) is 4. The molecule has 2 N–H and O–H groups in total. The lowest BCUT2D eigenvalue weighted by atomic mass is 10.2. The van der Waals surface area contributed by atoms with Crippen LogP contribution < -0.4 is 10.6 Å². The average Bonchev–Trinajstić information content (AvgIpc) is 3.30. The minimum atomic E-state index is -1.12. The van der Waals surface area contributed by atoms with E-state index in [1.807, 2.05) is 37.6 Å². The van der Waals surface area contributed by atoms with Crippen molar-refractivity contribution in [3.8, 4) is 0 Å². The molecule has 3 heterocycles. The molecule has 10 nitrogen and oxygen atoms in total. The van der Waals surface area contributed by atoms with Gasteiger partial charge in [-0.3, -0.25) is 5.32 Å². The molecule has 1 fully saturated rings. The van der Waals surface area contributed by atoms with Crippen LogP contribution >= 0.6 is 0 Å². The maximum absolute atomic E-state index is 12.4. The standard InChI is InChI=1S/C22H36N6O4Si/c1-22(2,3)32-21(30)27-9-7-16(14-27)24-20(29)26-18-13-23-19-17(25-18)8-10-28(19)15-31-11-12-33(4,5)6/h8,10,13,16H,7,9,11-12,14-15H2,1-6H3,(H2,24,25,26,29)/t16-/m1/s1. The number of nitrogens with one attached hydrogen (secondary N) is 2. The third-order valence-corrected chi connectivity index (χ3v) is 6.81. The third-order valence-electron chi connectivity index (χ3n) is 5.11. The fourth-order valence-corrected chi connectivity index (χ4v) is 4.13. The van der Waals surface area contributed by atoms with E-state index in [4.69, 9.17) is 9.47 Å². The van der Waals surface area contributed by atoms with E-state index in [9.17, 15) is 9.59 Å². The summed E-state index contributed by atoms with van der Waals surface area (Å²) in [5.74, 6) is 0.361. The van der Waals surface area contributed by atoms with Gasteiger partial charge in [0, 0.05) is 40.0 Å². The molecule has 0 unspecified atom stereocenters. The van der Waals surface area contributed by atoms with Gasteiger partial charge in [-0.2, -0.15) is 0 Å². The zero-order valence-corrected chi connectivity index (χ0v) is 21.5. The molecule has 1 saturated heterocycles. The van der Waals surface area contributed by atoms with Crippen molar-refractivity contribution in [2.24, 2.45) is 0 Å². The molecule has 3 rings (SSSR count). The Morgan fingerprint density at radius 2 is 2.03 bits per heavy atom. The number of carbonyl (C=O) groups is 2. The Balaban J connectivity index is 1.49. The Morgan fingerprint density at radius 1 is 1.27 bits per heavy atom. The molecule has 182 valence electrons. The average molecular weight is 477 g/mol. The zero-order chi connectivity index (χ0) is 24.2. The summed E-state index contributed by atoms with van der Waals surface area (Å²) in [7, 11) is -1.12. The molecule has 0 aliphatic carbocycles. The van der Waals surface area contributed by atoms with E-state index in [-0.39, 0.29) is 18.2 Å². The molecule has 2 aromatic heterocycles. The number of urea groups is 1. The molecule has 0 aromatic carbocycles. The van der Waals surface area contributed by atoms with Crippen LogP contribution in [0.4, 0.5) is 15.4 Å². The Kier molecular flexibility index (Phi) is 7.63. The minimum absolute atomic E-state index is 0.149. The number of anilines is 1. The van der Waals surface area contributed by atoms with Crippen LogP contribution in [0.1, 0.15) is 27.2 Å². The van der Waals surface area contributed by atoms with Gasteiger partial charge < -0.3 is 24.3 Å². The topological polar surface area (TPSA) is 111 Å². The first-order chi connectivity index (χ1) is 15.4. The number of likely N-dealkylation sites (tertiary alicyclic amines) is 1. The molecule has 0 radical (unpaired) electrons. The quantitative estimate of drug-likeness (QED) is 0.464. The first kappa shape index (κ1) is 25.0. The monoisotopic (exact) mass is 476 g/mol. The van der Waals surface area contributed by atoms with Crippen molar-refractivity contribution in [1.82, 2.24) is 24.8 Å². The predicted octanol–water partition coefficient (Wildman–Crippen LogP) is 3.87. The lowest BCUT2D eigenvalue weighted by Gasteiger charge is -2.24. The van der Waals surface area contributed by atoms with Gasteiger partial charge in [0.25, 0.3) is 0 Å². The van der Waals surface area contributed by atoms with Gasteiger partial charge in [0.05, 0.1) is 6.20 Å². The van der Waals surface area contributed by atoms with Crippen LogP contribution in [0.5, 0.6) is 0 Å². The molecule has 0 saturated carbocycles. The SMILES string of the molecule is CC(C)(C)OC(=O)N1CC[C@@H](NC(=O)Nc2cnc3c(ccn3COCC[Si](C)(C)C)n2)C1. The molecule has 33 heavy (non-hydrogen) atoms. The maximum atomic E-state index is 12.4. The number of carbonyl (C=O) groups excluding carboxylic acids is 2. The summed E-state index contributed by atoms with van der Waals surface area (Å²) in [6, 6.07) is 2.43. The van der Waals surface area contributed by atoms with E-state index >= 15 is 0 Å². The molecule has 0 spiro atoms. The number of amides is 3. The van der Waals surface area contributed by atoms with Crippen LogP contribution in [0.3, 0.4) is 0 Å². The predicted molar refractivity (Wildman–Crippen MR) is 130 cm³/mol. The van der Waals surface area contributed by atoms with Gasteiger partial charge >= 0.3 is 12.1 Å². The van der Waals surface area contributed by atoms with Gasteiger partial charge in [-0.1, -0.05) is 19.6 Å². The van der Waals surface area contributed by atoms with Crippen molar-refractivity contribution in [2.45, 2.75) is 71.3 Å². The Bertz CT molecular complexity index is 981. The van der Waals surface area contributed by atoms with Crippen LogP contribution in [0, 0.1) is 0 Å². The van der Waals surface area contributed by atoms with Crippen molar-refractivity contribution in [3.63, 3.8) is 0 Å². The second-order valence-electron chi connectivity index (χ2n) is 10.6. The van der Waals surface area contributed by atoms with Gasteiger partial charge in [0.2, 0.25) is 0 Å². The molecule has 1 atom stereocenters. The van der Waals surface area contributed by atoms with E-state index in [0.717, 1.165) is 12.7 Å². The van der Waals surface area contributed by atoms with E-state index in [1.54, 1.807) is 4.90 Å². The fourth-order valence-electron chi connectivity index (χ4n) is 3.38. The molecule has 1 aliphatic heterocycles. The van der Waals surface area contributed by atoms with Crippen molar-refractivity contribution in [3.05, 3.63) is 18.5 Å². The molecule has 3 amide bonds. The van der Waals surface area contributed by atoms with Crippen LogP contribution in [-0.2, 0) is 16.2 Å². The van der Waals surface area contributed by atoms with Gasteiger partial charge in [0.1, 0.15) is 17.8 Å². The van der Waals surface area contributed by atoms with Crippen molar-refractivity contribution in [1.29, 1.82) is 0 Å². The molecule has 11 heteroatoms. The first-order valence-electron chi connectivity index (χ1n) is 11.3. The van der Waals surface area contributed by atoms with Crippen molar-refractivity contribution >= 4 is 37.2 Å². The number of hydrogen-bond acceptors (Lipinski definition) is 6. The summed E-state index contributed by atoms with van der Waals surface area (Å²) in [4.78, 5) is 35.1. The second-order valence-corrected chi connectivity index (χ2v) is 16.2. The zero-order valence-electron chi connectivity index (χ0n) is 20.5. The number of aromatic nitrogens is 3. The van der Waals surface area contributed by atoms with E-state index in [0.29, 0.717) is 43.2 Å². The van der Waals surface area contributed by atoms with Crippen molar-refractivity contribution in [2.75, 3.05) is 25.0 Å². The summed E-state index contributed by atoms with van der Waals surface area (Å²) >= 11 is 0. The summed E-state index contributed by atoms with van der Waals surface area (Å²) in [6.45, 7) is 14.6.